The third-order valence-electron chi connectivity index (χ3n) is 2.22. The van der Waals surface area contributed by atoms with Crippen molar-refractivity contribution in [2.24, 2.45) is 0 Å². The van der Waals surface area contributed by atoms with E-state index in [9.17, 15) is 4.79 Å². The predicted molar refractivity (Wildman–Crippen MR) is 70.8 cm³/mol. The van der Waals surface area contributed by atoms with Gasteiger partial charge in [0.1, 0.15) is 5.75 Å². The van der Waals surface area contributed by atoms with Gasteiger partial charge >= 0.3 is 0 Å². The van der Waals surface area contributed by atoms with Crippen molar-refractivity contribution in [3.8, 4) is 5.75 Å². The summed E-state index contributed by atoms with van der Waals surface area (Å²) in [4.78, 5) is 12.7. The summed E-state index contributed by atoms with van der Waals surface area (Å²) in [5.41, 5.74) is 0.518. The topological polar surface area (TPSA) is 26.3 Å². The van der Waals surface area contributed by atoms with Gasteiger partial charge in [0.15, 0.2) is 0 Å². The maximum Gasteiger partial charge on any atom is 0.203 e. The van der Waals surface area contributed by atoms with Crippen LogP contribution in [0.4, 0.5) is 0 Å². The number of benzene rings is 1. The second-order valence-corrected chi connectivity index (χ2v) is 5.03. The van der Waals surface area contributed by atoms with E-state index in [2.05, 4.69) is 0 Å². The molecule has 1 aromatic carbocycles. The molecular formula is C12H8Cl2O2S. The summed E-state index contributed by atoms with van der Waals surface area (Å²) in [6.07, 6.45) is 0. The lowest BCUT2D eigenvalue weighted by atomic mass is 10.1. The van der Waals surface area contributed by atoms with E-state index in [0.717, 1.165) is 0 Å². The van der Waals surface area contributed by atoms with Crippen molar-refractivity contribution in [3.63, 3.8) is 0 Å². The average molecular weight is 287 g/mol. The third kappa shape index (κ3) is 2.63. The molecule has 2 rings (SSSR count). The third-order valence-corrected chi connectivity index (χ3v) is 3.86. The van der Waals surface area contributed by atoms with Crippen molar-refractivity contribution in [2.75, 3.05) is 7.11 Å². The first-order valence-corrected chi connectivity index (χ1v) is 6.37. The number of thiophene rings is 1. The highest BCUT2D eigenvalue weighted by atomic mass is 35.5. The maximum atomic E-state index is 12.1. The van der Waals surface area contributed by atoms with Crippen molar-refractivity contribution in [1.29, 1.82) is 0 Å². The Kier molecular flexibility index (Phi) is 3.72. The van der Waals surface area contributed by atoms with Gasteiger partial charge in [-0.05, 0) is 18.2 Å². The second kappa shape index (κ2) is 5.08. The zero-order valence-electron chi connectivity index (χ0n) is 8.87. The first kappa shape index (κ1) is 12.4. The van der Waals surface area contributed by atoms with Crippen LogP contribution in [0.5, 0.6) is 5.75 Å². The number of carbonyl (C=O) groups excluding carboxylic acids is 1. The van der Waals surface area contributed by atoms with Gasteiger partial charge in [0, 0.05) is 17.0 Å². The van der Waals surface area contributed by atoms with Gasteiger partial charge < -0.3 is 4.74 Å². The monoisotopic (exact) mass is 286 g/mol. The molecule has 0 amide bonds. The molecule has 0 fully saturated rings. The minimum atomic E-state index is -0.0862. The van der Waals surface area contributed by atoms with E-state index < -0.39 is 0 Å². The summed E-state index contributed by atoms with van der Waals surface area (Å²) < 4.78 is 5.03. The maximum absolute atomic E-state index is 12.1. The molecule has 0 N–H and O–H groups in total. The highest BCUT2D eigenvalue weighted by molar-refractivity contribution is 7.12. The lowest BCUT2D eigenvalue weighted by Crippen LogP contribution is -1.98. The summed E-state index contributed by atoms with van der Waals surface area (Å²) in [6.45, 7) is 0. The fourth-order valence-electron chi connectivity index (χ4n) is 1.32. The first-order chi connectivity index (χ1) is 8.11. The van der Waals surface area contributed by atoms with E-state index in [1.54, 1.807) is 36.8 Å². The van der Waals surface area contributed by atoms with Gasteiger partial charge in [-0.25, -0.2) is 0 Å². The zero-order chi connectivity index (χ0) is 12.4. The summed E-state index contributed by atoms with van der Waals surface area (Å²) in [6, 6.07) is 6.54. The van der Waals surface area contributed by atoms with E-state index in [0.29, 0.717) is 26.2 Å². The number of rotatable bonds is 3. The number of carbonyl (C=O) groups is 1. The van der Waals surface area contributed by atoms with Gasteiger partial charge in [0.05, 0.1) is 22.0 Å². The van der Waals surface area contributed by atoms with Crippen molar-refractivity contribution in [3.05, 3.63) is 50.1 Å². The molecule has 0 atom stereocenters. The Hall–Kier alpha value is -1.03. The smallest absolute Gasteiger partial charge is 0.203 e. The van der Waals surface area contributed by atoms with Crippen molar-refractivity contribution < 1.29 is 9.53 Å². The average Bonchev–Trinajstić information content (AvgIpc) is 2.80. The molecule has 0 saturated carbocycles. The van der Waals surface area contributed by atoms with Crippen LogP contribution in [0.15, 0.2) is 29.6 Å². The molecule has 1 aromatic heterocycles. The molecule has 2 aromatic rings. The van der Waals surface area contributed by atoms with E-state index in [1.807, 2.05) is 0 Å². The fraction of sp³-hybridized carbons (Fsp3) is 0.0833. The van der Waals surface area contributed by atoms with Gasteiger partial charge in [0.25, 0.3) is 0 Å². The molecule has 0 bridgehead atoms. The molecule has 0 spiro atoms. The van der Waals surface area contributed by atoms with Crippen LogP contribution in [-0.2, 0) is 0 Å². The molecule has 5 heteroatoms. The molecule has 0 saturated heterocycles. The van der Waals surface area contributed by atoms with Crippen LogP contribution < -0.4 is 4.74 Å². The zero-order valence-corrected chi connectivity index (χ0v) is 11.2. The quantitative estimate of drug-likeness (QED) is 0.787. The van der Waals surface area contributed by atoms with Crippen LogP contribution in [0, 0.1) is 0 Å². The normalized spacial score (nSPS) is 10.3. The lowest BCUT2D eigenvalue weighted by molar-refractivity contribution is 0.104. The molecule has 88 valence electrons. The fourth-order valence-corrected chi connectivity index (χ4v) is 2.44. The highest BCUT2D eigenvalue weighted by Crippen LogP contribution is 2.27. The Labute approximate surface area is 113 Å². The van der Waals surface area contributed by atoms with E-state index in [4.69, 9.17) is 27.9 Å². The van der Waals surface area contributed by atoms with Crippen LogP contribution in [0.2, 0.25) is 10.0 Å². The number of hydrogen-bond acceptors (Lipinski definition) is 3. The Morgan fingerprint density at radius 2 is 2.00 bits per heavy atom. The summed E-state index contributed by atoms with van der Waals surface area (Å²) in [5, 5.41) is 2.60. The molecule has 0 radical (unpaired) electrons. The number of halogens is 2. The van der Waals surface area contributed by atoms with Crippen molar-refractivity contribution in [1.82, 2.24) is 0 Å². The highest BCUT2D eigenvalue weighted by Gasteiger charge is 2.13. The number of ether oxygens (including phenoxy) is 1. The minimum Gasteiger partial charge on any atom is -0.496 e. The molecule has 0 aliphatic heterocycles. The van der Waals surface area contributed by atoms with Gasteiger partial charge in [-0.1, -0.05) is 23.2 Å². The van der Waals surface area contributed by atoms with Crippen LogP contribution in [-0.4, -0.2) is 12.9 Å². The standard InChI is InChI=1S/C12H8Cl2O2S/c1-16-8-5-11(17-6-8)12(15)7-2-3-9(13)10(14)4-7/h2-6H,1H3. The summed E-state index contributed by atoms with van der Waals surface area (Å²) >= 11 is 13.0. The number of ketones is 1. The Morgan fingerprint density at radius 3 is 2.59 bits per heavy atom. The van der Waals surface area contributed by atoms with Crippen molar-refractivity contribution >= 4 is 40.3 Å². The molecule has 0 aliphatic carbocycles. The molecule has 0 unspecified atom stereocenters. The second-order valence-electron chi connectivity index (χ2n) is 3.31. The molecular weight excluding hydrogens is 279 g/mol. The molecule has 1 heterocycles. The lowest BCUT2D eigenvalue weighted by Gasteiger charge is -2.00. The van der Waals surface area contributed by atoms with Gasteiger partial charge in [-0.2, -0.15) is 0 Å². The molecule has 0 aliphatic rings. The largest absolute Gasteiger partial charge is 0.496 e. The molecule has 2 nitrogen and oxygen atoms in total. The van der Waals surface area contributed by atoms with Crippen LogP contribution in [0.3, 0.4) is 0 Å². The van der Waals surface area contributed by atoms with E-state index >= 15 is 0 Å². The summed E-state index contributed by atoms with van der Waals surface area (Å²) in [7, 11) is 1.56. The SMILES string of the molecule is COc1csc(C(=O)c2ccc(Cl)c(Cl)c2)c1. The van der Waals surface area contributed by atoms with E-state index in [-0.39, 0.29) is 5.78 Å². The predicted octanol–water partition coefficient (Wildman–Crippen LogP) is 4.29. The Bertz CT molecular complexity index is 563. The van der Waals surface area contributed by atoms with Crippen LogP contribution in [0.1, 0.15) is 15.2 Å². The summed E-state index contributed by atoms with van der Waals surface area (Å²) in [5.74, 6) is 0.593. The number of methoxy groups -OCH3 is 1. The first-order valence-electron chi connectivity index (χ1n) is 4.74. The van der Waals surface area contributed by atoms with Crippen molar-refractivity contribution in [2.45, 2.75) is 0 Å². The van der Waals surface area contributed by atoms with Gasteiger partial charge in [-0.15, -0.1) is 11.3 Å². The van der Waals surface area contributed by atoms with Crippen LogP contribution >= 0.6 is 34.5 Å². The van der Waals surface area contributed by atoms with Gasteiger partial charge in [-0.3, -0.25) is 4.79 Å². The van der Waals surface area contributed by atoms with E-state index in [1.165, 1.54) is 11.3 Å². The Balaban J connectivity index is 2.33. The number of hydrogen-bond donors (Lipinski definition) is 0. The van der Waals surface area contributed by atoms with Crippen LogP contribution in [0.25, 0.3) is 0 Å². The van der Waals surface area contributed by atoms with Gasteiger partial charge in [0.2, 0.25) is 5.78 Å². The Morgan fingerprint density at radius 1 is 1.24 bits per heavy atom. The molecule has 17 heavy (non-hydrogen) atoms. The minimum absolute atomic E-state index is 0.0862.